The van der Waals surface area contributed by atoms with E-state index in [0.29, 0.717) is 0 Å². The molecule has 0 aromatic carbocycles. The minimum Gasteiger partial charge on any atom is -1.00 e. The molecule has 0 aromatic heterocycles. The van der Waals surface area contributed by atoms with Crippen molar-refractivity contribution in [3.8, 4) is 0 Å². The van der Waals surface area contributed by atoms with Crippen molar-refractivity contribution in [2.75, 3.05) is 46.7 Å². The van der Waals surface area contributed by atoms with Gasteiger partial charge in [0.2, 0.25) is 0 Å². The first-order valence-corrected chi connectivity index (χ1v) is 4.31. The molecule has 0 bridgehead atoms. The van der Waals surface area contributed by atoms with E-state index in [-0.39, 0.29) is 44.3 Å². The molecule has 0 rings (SSSR count). The zero-order chi connectivity index (χ0) is 10.9. The molecular weight excluding hydrogens is 213 g/mol. The molecule has 0 fully saturated rings. The Labute approximate surface area is 87.2 Å². The van der Waals surface area contributed by atoms with Crippen LogP contribution in [0.5, 0.6) is 0 Å². The summed E-state index contributed by atoms with van der Waals surface area (Å²) in [5.74, 6) is 0. The van der Waals surface area contributed by atoms with Crippen molar-refractivity contribution in [3.05, 3.63) is 0 Å². The summed E-state index contributed by atoms with van der Waals surface area (Å²) in [6, 6.07) is 0. The first kappa shape index (κ1) is 17.1. The van der Waals surface area contributed by atoms with Crippen LogP contribution in [-0.2, 0) is 14.5 Å². The van der Waals surface area contributed by atoms with Crippen LogP contribution in [0.1, 0.15) is 0 Å². The monoisotopic (exact) mass is 231 g/mol. The molecule has 0 heterocycles. The Morgan fingerprint density at radius 1 is 0.800 bits per heavy atom. The molecule has 94 valence electrons. The van der Waals surface area contributed by atoms with E-state index in [1.807, 2.05) is 0 Å². The van der Waals surface area contributed by atoms with Crippen molar-refractivity contribution in [1.29, 1.82) is 0 Å². The summed E-state index contributed by atoms with van der Waals surface area (Å²) in [6.07, 6.45) is 0. The van der Waals surface area contributed by atoms with Gasteiger partial charge < -0.3 is 20.0 Å². The quantitative estimate of drug-likeness (QED) is 0.273. The van der Waals surface area contributed by atoms with Crippen molar-refractivity contribution in [1.82, 2.24) is 0 Å². The van der Waals surface area contributed by atoms with Gasteiger partial charge in [0, 0.05) is 0 Å². The number of halogens is 1. The first-order valence-electron chi connectivity index (χ1n) is 4.31. The number of hydroxylamine groups is 3. The Balaban J connectivity index is 0. The molecule has 15 heavy (non-hydrogen) atoms. The van der Waals surface area contributed by atoms with Gasteiger partial charge in [-0.15, -0.1) is 14.5 Å². The van der Waals surface area contributed by atoms with Gasteiger partial charge in [0.25, 0.3) is 0 Å². The average Bonchev–Trinajstić information content (AvgIpc) is 2.21. The van der Waals surface area contributed by atoms with Gasteiger partial charge in [-0.25, -0.2) is 0 Å². The fraction of sp³-hybridized carbons (Fsp3) is 1.00. The standard InChI is InChI=1S/C7H18NO6.FH/c1-8(12-5-2-9,13-6-3-10)14-7-4-11;/h9-11H,2-7H2,1H3;1H/q+1;/p-1. The van der Waals surface area contributed by atoms with E-state index in [1.165, 1.54) is 7.05 Å². The maximum atomic E-state index is 8.54. The lowest BCUT2D eigenvalue weighted by Crippen LogP contribution is -3.00. The van der Waals surface area contributed by atoms with E-state index < -0.39 is 4.97 Å². The Hall–Kier alpha value is -0.350. The number of aliphatic hydroxyl groups is 3. The van der Waals surface area contributed by atoms with E-state index in [2.05, 4.69) is 0 Å². The molecular formula is C7H18FNO6. The van der Waals surface area contributed by atoms with Crippen LogP contribution in [-0.4, -0.2) is 67.0 Å². The summed E-state index contributed by atoms with van der Waals surface area (Å²) < 4.78 is 0. The third-order valence-electron chi connectivity index (χ3n) is 1.25. The second-order valence-electron chi connectivity index (χ2n) is 2.44. The highest BCUT2D eigenvalue weighted by atomic mass is 19.0. The molecule has 0 aliphatic carbocycles. The van der Waals surface area contributed by atoms with Crippen LogP contribution in [0, 0.1) is 0 Å². The first-order chi connectivity index (χ1) is 6.68. The fourth-order valence-electron chi connectivity index (χ4n) is 0.732. The van der Waals surface area contributed by atoms with Crippen LogP contribution in [0.3, 0.4) is 0 Å². The maximum Gasteiger partial charge on any atom is 0.168 e. The van der Waals surface area contributed by atoms with E-state index >= 15 is 0 Å². The minimum atomic E-state index is -0.665. The van der Waals surface area contributed by atoms with Gasteiger partial charge in [-0.2, -0.15) is 0 Å². The van der Waals surface area contributed by atoms with Crippen molar-refractivity contribution < 1.29 is 39.5 Å². The number of nitrogens with zero attached hydrogens (tertiary/aromatic N) is 1. The van der Waals surface area contributed by atoms with Crippen LogP contribution in [0.15, 0.2) is 0 Å². The topological polar surface area (TPSA) is 88.4 Å². The third kappa shape index (κ3) is 8.63. The average molecular weight is 231 g/mol. The van der Waals surface area contributed by atoms with Crippen LogP contribution < -0.4 is 4.70 Å². The molecule has 0 aromatic rings. The lowest BCUT2D eigenvalue weighted by Gasteiger charge is -2.24. The van der Waals surface area contributed by atoms with Crippen LogP contribution in [0.25, 0.3) is 0 Å². The summed E-state index contributed by atoms with van der Waals surface area (Å²) in [7, 11) is 1.45. The zero-order valence-electron chi connectivity index (χ0n) is 8.63. The molecule has 0 saturated heterocycles. The van der Waals surface area contributed by atoms with Gasteiger partial charge in [0.15, 0.2) is 7.05 Å². The predicted octanol–water partition coefficient (Wildman–Crippen LogP) is -4.79. The maximum absolute atomic E-state index is 8.54. The fourth-order valence-corrected chi connectivity index (χ4v) is 0.732. The molecule has 7 nitrogen and oxygen atoms in total. The summed E-state index contributed by atoms with van der Waals surface area (Å²) in [6.45, 7) is -0.398. The minimum absolute atomic E-state index is 0. The number of rotatable bonds is 9. The smallest absolute Gasteiger partial charge is 0.168 e. The zero-order valence-corrected chi connectivity index (χ0v) is 8.63. The van der Waals surface area contributed by atoms with Crippen molar-refractivity contribution in [3.63, 3.8) is 0 Å². The Morgan fingerprint density at radius 3 is 1.27 bits per heavy atom. The third-order valence-corrected chi connectivity index (χ3v) is 1.25. The van der Waals surface area contributed by atoms with Crippen LogP contribution in [0.4, 0.5) is 0 Å². The normalized spacial score (nSPS) is 11.2. The van der Waals surface area contributed by atoms with Crippen molar-refractivity contribution in [2.24, 2.45) is 0 Å². The second-order valence-corrected chi connectivity index (χ2v) is 2.44. The molecule has 0 aliphatic rings. The summed E-state index contributed by atoms with van der Waals surface area (Å²) in [5.41, 5.74) is 0. The summed E-state index contributed by atoms with van der Waals surface area (Å²) in [5, 5.41) is 25.6. The molecule has 0 spiro atoms. The van der Waals surface area contributed by atoms with Crippen LogP contribution in [0.2, 0.25) is 0 Å². The summed E-state index contributed by atoms with van der Waals surface area (Å²) in [4.78, 5) is 14.3. The van der Waals surface area contributed by atoms with Gasteiger partial charge in [-0.05, 0) is 0 Å². The van der Waals surface area contributed by atoms with Crippen molar-refractivity contribution >= 4 is 0 Å². The van der Waals surface area contributed by atoms with Gasteiger partial charge in [0.1, 0.15) is 19.8 Å². The lowest BCUT2D eigenvalue weighted by atomic mass is 10.8. The number of hydrogen-bond acceptors (Lipinski definition) is 6. The van der Waals surface area contributed by atoms with Gasteiger partial charge >= 0.3 is 0 Å². The number of aliphatic hydroxyl groups excluding tert-OH is 3. The molecule has 0 saturated carbocycles. The highest BCUT2D eigenvalue weighted by Gasteiger charge is 2.27. The predicted molar refractivity (Wildman–Crippen MR) is 45.3 cm³/mol. The Bertz CT molecular complexity index is 117. The van der Waals surface area contributed by atoms with Gasteiger partial charge in [-0.3, -0.25) is 0 Å². The molecule has 0 aliphatic heterocycles. The van der Waals surface area contributed by atoms with Crippen LogP contribution >= 0.6 is 0 Å². The Kier molecular flexibility index (Phi) is 11.6. The van der Waals surface area contributed by atoms with Gasteiger partial charge in [-0.1, -0.05) is 0 Å². The number of quaternary nitrogens is 1. The van der Waals surface area contributed by atoms with E-state index in [9.17, 15) is 0 Å². The molecule has 0 amide bonds. The van der Waals surface area contributed by atoms with E-state index in [0.717, 1.165) is 0 Å². The number of hydrogen-bond donors (Lipinski definition) is 3. The lowest BCUT2D eigenvalue weighted by molar-refractivity contribution is -1.36. The molecule has 0 radical (unpaired) electrons. The second kappa shape index (κ2) is 10.2. The largest absolute Gasteiger partial charge is 1.00 e. The molecule has 3 N–H and O–H groups in total. The van der Waals surface area contributed by atoms with E-state index in [4.69, 9.17) is 29.8 Å². The molecule has 0 atom stereocenters. The van der Waals surface area contributed by atoms with E-state index in [1.54, 1.807) is 0 Å². The van der Waals surface area contributed by atoms with Gasteiger partial charge in [0.05, 0.1) is 24.8 Å². The van der Waals surface area contributed by atoms with Crippen molar-refractivity contribution in [2.45, 2.75) is 0 Å². The molecule has 0 unspecified atom stereocenters. The highest BCUT2D eigenvalue weighted by Crippen LogP contribution is 2.06. The summed E-state index contributed by atoms with van der Waals surface area (Å²) >= 11 is 0. The Morgan fingerprint density at radius 2 is 1.07 bits per heavy atom. The highest BCUT2D eigenvalue weighted by molar-refractivity contribution is 4.15. The molecule has 8 heteroatoms. The SMILES string of the molecule is C[N+](OCCO)(OCCO)OCCO.[F-].